The summed E-state index contributed by atoms with van der Waals surface area (Å²) in [5, 5.41) is 0.744. The molecule has 1 amide bonds. The van der Waals surface area contributed by atoms with Crippen LogP contribution in [0.4, 0.5) is 0 Å². The van der Waals surface area contributed by atoms with Crippen LogP contribution >= 0.6 is 11.6 Å². The van der Waals surface area contributed by atoms with E-state index in [1.807, 2.05) is 24.3 Å². The van der Waals surface area contributed by atoms with Gasteiger partial charge < -0.3 is 4.90 Å². The highest BCUT2D eigenvalue weighted by Crippen LogP contribution is 2.61. The summed E-state index contributed by atoms with van der Waals surface area (Å²) in [4.78, 5) is 15.3. The molecule has 2 nitrogen and oxygen atoms in total. The van der Waals surface area contributed by atoms with Gasteiger partial charge in [0.2, 0.25) is 5.91 Å². The molecule has 112 valence electrons. The largest absolute Gasteiger partial charge is 0.341 e. The maximum atomic E-state index is 13.2. The lowest BCUT2D eigenvalue weighted by Gasteiger charge is -2.43. The van der Waals surface area contributed by atoms with E-state index >= 15 is 0 Å². The van der Waals surface area contributed by atoms with Crippen molar-refractivity contribution in [3.05, 3.63) is 34.9 Å². The monoisotopic (exact) mass is 303 g/mol. The Morgan fingerprint density at radius 3 is 2.57 bits per heavy atom. The fourth-order valence-electron chi connectivity index (χ4n) is 4.52. The van der Waals surface area contributed by atoms with Gasteiger partial charge in [-0.2, -0.15) is 0 Å². The van der Waals surface area contributed by atoms with Crippen LogP contribution in [0.5, 0.6) is 0 Å². The van der Waals surface area contributed by atoms with Crippen LogP contribution in [0.25, 0.3) is 0 Å². The molecule has 3 heteroatoms. The molecule has 0 N–H and O–H groups in total. The Hall–Kier alpha value is -1.02. The number of rotatable bonds is 3. The Morgan fingerprint density at radius 1 is 1.33 bits per heavy atom. The first-order valence-electron chi connectivity index (χ1n) is 8.15. The molecule has 3 fully saturated rings. The Morgan fingerprint density at radius 2 is 2.05 bits per heavy atom. The second-order valence-corrected chi connectivity index (χ2v) is 7.68. The van der Waals surface area contributed by atoms with Gasteiger partial charge in [-0.15, -0.1) is 0 Å². The van der Waals surface area contributed by atoms with Gasteiger partial charge in [-0.1, -0.05) is 37.1 Å². The van der Waals surface area contributed by atoms with Gasteiger partial charge in [-0.05, 0) is 54.7 Å². The Kier molecular flexibility index (Phi) is 2.91. The van der Waals surface area contributed by atoms with Crippen molar-refractivity contribution in [2.75, 3.05) is 13.1 Å². The number of amides is 1. The van der Waals surface area contributed by atoms with Crippen molar-refractivity contribution >= 4 is 17.5 Å². The van der Waals surface area contributed by atoms with Gasteiger partial charge in [0.05, 0.1) is 5.41 Å². The summed E-state index contributed by atoms with van der Waals surface area (Å²) in [6.07, 6.45) is 5.70. The van der Waals surface area contributed by atoms with Gasteiger partial charge in [0, 0.05) is 18.1 Å². The van der Waals surface area contributed by atoms with Crippen LogP contribution in [0.3, 0.4) is 0 Å². The van der Waals surface area contributed by atoms with Crippen LogP contribution < -0.4 is 0 Å². The lowest BCUT2D eigenvalue weighted by atomic mass is 9.63. The number of hydrogen-bond donors (Lipinski definition) is 0. The molecule has 1 aliphatic heterocycles. The molecule has 1 saturated heterocycles. The van der Waals surface area contributed by atoms with Crippen LogP contribution in [-0.2, 0) is 10.2 Å². The van der Waals surface area contributed by atoms with Crippen LogP contribution in [-0.4, -0.2) is 23.9 Å². The second kappa shape index (κ2) is 4.49. The lowest BCUT2D eigenvalue weighted by molar-refractivity contribution is -0.140. The number of fused-ring (bicyclic) bond motifs is 1. The number of carbonyl (C=O) groups excluding carboxylic acids is 1. The Labute approximate surface area is 131 Å². The number of likely N-dealkylation sites (tertiary alicyclic amines) is 1. The number of hydrogen-bond acceptors (Lipinski definition) is 1. The predicted molar refractivity (Wildman–Crippen MR) is 84.4 cm³/mol. The summed E-state index contributed by atoms with van der Waals surface area (Å²) < 4.78 is 0. The van der Waals surface area contributed by atoms with Gasteiger partial charge in [0.25, 0.3) is 0 Å². The van der Waals surface area contributed by atoms with E-state index in [0.29, 0.717) is 11.3 Å². The number of carbonyl (C=O) groups is 1. The maximum absolute atomic E-state index is 13.2. The molecule has 0 bridgehead atoms. The molecule has 0 aromatic heterocycles. The zero-order chi connectivity index (χ0) is 14.7. The summed E-state index contributed by atoms with van der Waals surface area (Å²) in [7, 11) is 0. The average molecular weight is 304 g/mol. The normalized spacial score (nSPS) is 32.5. The number of nitrogens with zero attached hydrogens (tertiary/aromatic N) is 1. The van der Waals surface area contributed by atoms with Gasteiger partial charge in [-0.25, -0.2) is 0 Å². The van der Waals surface area contributed by atoms with Gasteiger partial charge in [0.1, 0.15) is 0 Å². The van der Waals surface area contributed by atoms with Crippen molar-refractivity contribution in [1.82, 2.24) is 4.90 Å². The molecule has 2 unspecified atom stereocenters. The highest BCUT2D eigenvalue weighted by atomic mass is 35.5. The number of benzene rings is 1. The zero-order valence-electron chi connectivity index (χ0n) is 12.6. The fraction of sp³-hybridized carbons (Fsp3) is 0.611. The van der Waals surface area contributed by atoms with Gasteiger partial charge in [-0.3, -0.25) is 4.79 Å². The molecular weight excluding hydrogens is 282 g/mol. The molecular formula is C18H22ClNO. The third-order valence-electron chi connectivity index (χ3n) is 6.31. The van der Waals surface area contributed by atoms with Crippen molar-refractivity contribution in [3.8, 4) is 0 Å². The molecule has 0 spiro atoms. The summed E-state index contributed by atoms with van der Waals surface area (Å²) in [6.45, 7) is 4.25. The molecule has 1 aromatic carbocycles. The van der Waals surface area contributed by atoms with Gasteiger partial charge >= 0.3 is 0 Å². The van der Waals surface area contributed by atoms with Crippen molar-refractivity contribution in [2.24, 2.45) is 11.3 Å². The predicted octanol–water partition coefficient (Wildman–Crippen LogP) is 4.02. The number of halogens is 1. The fourth-order valence-corrected chi connectivity index (χ4v) is 4.65. The van der Waals surface area contributed by atoms with E-state index in [2.05, 4.69) is 11.8 Å². The number of piperidine rings is 1. The first-order chi connectivity index (χ1) is 10.1. The van der Waals surface area contributed by atoms with Crippen molar-refractivity contribution < 1.29 is 4.79 Å². The van der Waals surface area contributed by atoms with E-state index in [0.717, 1.165) is 48.9 Å². The SMILES string of the molecule is CCC12CC1CN(C(=O)C1(c3ccc(Cl)cc3)CCC1)C2. The highest BCUT2D eigenvalue weighted by molar-refractivity contribution is 6.30. The molecule has 0 radical (unpaired) electrons. The van der Waals surface area contributed by atoms with Crippen molar-refractivity contribution in [1.29, 1.82) is 0 Å². The van der Waals surface area contributed by atoms with Crippen LogP contribution in [0, 0.1) is 11.3 Å². The van der Waals surface area contributed by atoms with E-state index < -0.39 is 0 Å². The van der Waals surface area contributed by atoms with Crippen LogP contribution in [0.2, 0.25) is 5.02 Å². The summed E-state index contributed by atoms with van der Waals surface area (Å²) in [5.74, 6) is 1.14. The van der Waals surface area contributed by atoms with E-state index in [1.54, 1.807) is 0 Å². The summed E-state index contributed by atoms with van der Waals surface area (Å²) in [5.41, 5.74) is 1.38. The van der Waals surface area contributed by atoms with E-state index in [9.17, 15) is 4.79 Å². The molecule has 4 rings (SSSR count). The first-order valence-corrected chi connectivity index (χ1v) is 8.53. The average Bonchev–Trinajstić information content (AvgIpc) is 3.01. The maximum Gasteiger partial charge on any atom is 0.233 e. The smallest absolute Gasteiger partial charge is 0.233 e. The van der Waals surface area contributed by atoms with E-state index in [1.165, 1.54) is 12.8 Å². The highest BCUT2D eigenvalue weighted by Gasteiger charge is 2.61. The van der Waals surface area contributed by atoms with Crippen LogP contribution in [0.15, 0.2) is 24.3 Å². The topological polar surface area (TPSA) is 20.3 Å². The summed E-state index contributed by atoms with van der Waals surface area (Å²) in [6, 6.07) is 7.93. The molecule has 1 aromatic rings. The second-order valence-electron chi connectivity index (χ2n) is 7.25. The zero-order valence-corrected chi connectivity index (χ0v) is 13.3. The molecule has 2 saturated carbocycles. The minimum atomic E-state index is -0.254. The third-order valence-corrected chi connectivity index (χ3v) is 6.56. The third kappa shape index (κ3) is 1.88. The van der Waals surface area contributed by atoms with Crippen LogP contribution in [0.1, 0.15) is 44.6 Å². The lowest BCUT2D eigenvalue weighted by Crippen LogP contribution is -2.51. The Bertz CT molecular complexity index is 573. The van der Waals surface area contributed by atoms with Crippen molar-refractivity contribution in [2.45, 2.75) is 44.4 Å². The molecule has 2 atom stereocenters. The molecule has 1 heterocycles. The van der Waals surface area contributed by atoms with E-state index in [-0.39, 0.29) is 5.41 Å². The quantitative estimate of drug-likeness (QED) is 0.826. The minimum absolute atomic E-state index is 0.254. The minimum Gasteiger partial charge on any atom is -0.341 e. The molecule has 3 aliphatic rings. The molecule has 21 heavy (non-hydrogen) atoms. The summed E-state index contributed by atoms with van der Waals surface area (Å²) >= 11 is 6.00. The first kappa shape index (κ1) is 13.6. The van der Waals surface area contributed by atoms with Gasteiger partial charge in [0.15, 0.2) is 0 Å². The Balaban J connectivity index is 1.59. The van der Waals surface area contributed by atoms with E-state index in [4.69, 9.17) is 11.6 Å². The standard InChI is InChI=1S/C18H22ClNO/c1-2-17-10-14(17)11-20(12-17)16(21)18(8-3-9-18)13-4-6-15(19)7-5-13/h4-7,14H,2-3,8-12H2,1H3. The molecule has 2 aliphatic carbocycles. The van der Waals surface area contributed by atoms with Crippen molar-refractivity contribution in [3.63, 3.8) is 0 Å².